The maximum Gasteiger partial charge on any atom is 0.333 e. The molecule has 2 saturated heterocycles. The number of hydrogen-bond acceptors (Lipinski definition) is 4. The first-order valence-electron chi connectivity index (χ1n) is 11.3. The minimum absolute atomic E-state index is 0.0152. The normalized spacial score (nSPS) is 23.6. The van der Waals surface area contributed by atoms with Crippen molar-refractivity contribution < 1.29 is 19.1 Å². The smallest absolute Gasteiger partial charge is 0.333 e. The number of rotatable bonds is 8. The summed E-state index contributed by atoms with van der Waals surface area (Å²) >= 11 is 0. The molecule has 0 spiro atoms. The molecular weight excluding hydrogens is 414 g/mol. The Morgan fingerprint density at radius 2 is 1.48 bits per heavy atom. The van der Waals surface area contributed by atoms with Crippen molar-refractivity contribution in [1.82, 2.24) is 4.90 Å². The molecule has 5 nitrogen and oxygen atoms in total. The molecule has 0 saturated carbocycles. The van der Waals surface area contributed by atoms with Crippen LogP contribution in [-0.2, 0) is 33.7 Å². The predicted octanol–water partition coefficient (Wildman–Crippen LogP) is 4.19. The summed E-state index contributed by atoms with van der Waals surface area (Å²) in [6.45, 7) is 0.376. The van der Waals surface area contributed by atoms with Crippen molar-refractivity contribution >= 4 is 11.9 Å². The van der Waals surface area contributed by atoms with E-state index in [9.17, 15) is 9.59 Å². The van der Waals surface area contributed by atoms with Gasteiger partial charge in [-0.1, -0.05) is 72.8 Å². The Bertz CT molecular complexity index is 1130. The third kappa shape index (κ3) is 3.88. The zero-order chi connectivity index (χ0) is 22.8. The minimum Gasteiger partial charge on any atom is -0.497 e. The summed E-state index contributed by atoms with van der Waals surface area (Å²) in [5, 5.41) is 0. The first kappa shape index (κ1) is 21.3. The quantitative estimate of drug-likeness (QED) is 0.492. The van der Waals surface area contributed by atoms with Crippen LogP contribution in [0.3, 0.4) is 0 Å². The second kappa shape index (κ2) is 8.74. The van der Waals surface area contributed by atoms with E-state index in [1.54, 1.807) is 12.0 Å². The Hall–Kier alpha value is -3.60. The summed E-state index contributed by atoms with van der Waals surface area (Å²) in [6, 6.07) is 27.2. The lowest BCUT2D eigenvalue weighted by atomic mass is 9.74. The minimum atomic E-state index is -0.799. The first-order valence-corrected chi connectivity index (χ1v) is 11.3. The van der Waals surface area contributed by atoms with E-state index in [1.165, 1.54) is 5.56 Å². The van der Waals surface area contributed by atoms with Crippen LogP contribution >= 0.6 is 0 Å². The van der Waals surface area contributed by atoms with E-state index in [-0.39, 0.29) is 11.9 Å². The highest BCUT2D eigenvalue weighted by molar-refractivity contribution is 5.97. The van der Waals surface area contributed by atoms with E-state index in [0.29, 0.717) is 19.4 Å². The number of hydrogen-bond donors (Lipinski definition) is 0. The molecule has 1 unspecified atom stereocenters. The molecule has 3 atom stereocenters. The Labute approximate surface area is 193 Å². The molecule has 5 rings (SSSR count). The fourth-order valence-electron chi connectivity index (χ4n) is 5.18. The number of carbonyl (C=O) groups is 2. The molecule has 0 bridgehead atoms. The van der Waals surface area contributed by atoms with Crippen LogP contribution in [0.2, 0.25) is 0 Å². The fourth-order valence-corrected chi connectivity index (χ4v) is 5.18. The molecule has 2 aliphatic rings. The van der Waals surface area contributed by atoms with E-state index in [4.69, 9.17) is 9.47 Å². The maximum absolute atomic E-state index is 13.7. The van der Waals surface area contributed by atoms with Crippen molar-refractivity contribution in [1.29, 1.82) is 0 Å². The number of carbonyl (C=O) groups excluding carboxylic acids is 2. The summed E-state index contributed by atoms with van der Waals surface area (Å²) in [5.41, 5.74) is 2.41. The van der Waals surface area contributed by atoms with Crippen LogP contribution in [0.15, 0.2) is 84.9 Å². The largest absolute Gasteiger partial charge is 0.497 e. The molecule has 3 aromatic rings. The molecule has 0 N–H and O–H groups in total. The summed E-state index contributed by atoms with van der Waals surface area (Å²) in [6.07, 6.45) is 1.92. The molecule has 0 radical (unpaired) electrons. The van der Waals surface area contributed by atoms with Gasteiger partial charge in [-0.2, -0.15) is 0 Å². The van der Waals surface area contributed by atoms with Gasteiger partial charge in [0.05, 0.1) is 13.0 Å². The van der Waals surface area contributed by atoms with Gasteiger partial charge in [-0.25, -0.2) is 4.79 Å². The highest BCUT2D eigenvalue weighted by atomic mass is 16.6. The average Bonchev–Trinajstić information content (AvgIpc) is 3.02. The van der Waals surface area contributed by atoms with E-state index < -0.39 is 17.6 Å². The van der Waals surface area contributed by atoms with Gasteiger partial charge in [0.25, 0.3) is 0 Å². The molecule has 168 valence electrons. The van der Waals surface area contributed by atoms with Crippen molar-refractivity contribution in [3.63, 3.8) is 0 Å². The third-order valence-corrected chi connectivity index (χ3v) is 6.90. The van der Waals surface area contributed by atoms with Gasteiger partial charge in [0, 0.05) is 6.54 Å². The number of likely N-dealkylation sites (tertiary alicyclic amines) is 1. The summed E-state index contributed by atoms with van der Waals surface area (Å²) in [4.78, 5) is 28.2. The molecule has 0 aliphatic carbocycles. The Kier molecular flexibility index (Phi) is 5.63. The SMILES string of the molecule is COc1ccc(CN2C(=O)[C@H](Cc3ccccc3)[C@]3(CCc4ccccc4)OC(=O)C23)cc1. The number of amides is 1. The van der Waals surface area contributed by atoms with Gasteiger partial charge in [-0.3, -0.25) is 4.79 Å². The standard InChI is InChI=1S/C28H27NO4/c1-32-23-14-12-22(13-15-23)19-29-25-27(31)33-28(25,17-16-20-8-4-2-5-9-20)24(26(29)30)18-21-10-6-3-7-11-21/h2-15,24-25H,16-19H2,1H3/t24-,25?,28-/m0/s1. The molecule has 5 heteroatoms. The van der Waals surface area contributed by atoms with Crippen LogP contribution in [0.4, 0.5) is 0 Å². The van der Waals surface area contributed by atoms with Crippen molar-refractivity contribution in [3.8, 4) is 5.75 Å². The van der Waals surface area contributed by atoms with E-state index in [2.05, 4.69) is 12.1 Å². The van der Waals surface area contributed by atoms with Crippen LogP contribution in [0.1, 0.15) is 23.1 Å². The fraction of sp³-hybridized carbons (Fsp3) is 0.286. The van der Waals surface area contributed by atoms with E-state index in [1.807, 2.05) is 72.8 Å². The predicted molar refractivity (Wildman–Crippen MR) is 125 cm³/mol. The number of fused-ring (bicyclic) bond motifs is 1. The van der Waals surface area contributed by atoms with Gasteiger partial charge < -0.3 is 14.4 Å². The monoisotopic (exact) mass is 441 g/mol. The number of nitrogens with zero attached hydrogens (tertiary/aromatic N) is 1. The molecular formula is C28H27NO4. The lowest BCUT2D eigenvalue weighted by Gasteiger charge is -2.47. The number of esters is 1. The molecule has 1 amide bonds. The van der Waals surface area contributed by atoms with E-state index >= 15 is 0 Å². The number of ether oxygens (including phenoxy) is 2. The van der Waals surface area contributed by atoms with Crippen LogP contribution < -0.4 is 4.74 Å². The molecule has 33 heavy (non-hydrogen) atoms. The topological polar surface area (TPSA) is 55.8 Å². The van der Waals surface area contributed by atoms with E-state index in [0.717, 1.165) is 23.3 Å². The zero-order valence-corrected chi connectivity index (χ0v) is 18.6. The average molecular weight is 442 g/mol. The molecule has 0 aromatic heterocycles. The highest BCUT2D eigenvalue weighted by Crippen LogP contribution is 2.50. The number of aryl methyl sites for hydroxylation is 1. The van der Waals surface area contributed by atoms with Crippen LogP contribution in [-0.4, -0.2) is 35.5 Å². The van der Waals surface area contributed by atoms with Crippen LogP contribution in [0.25, 0.3) is 0 Å². The van der Waals surface area contributed by atoms with Gasteiger partial charge in [0.2, 0.25) is 5.91 Å². The van der Waals surface area contributed by atoms with Gasteiger partial charge in [-0.15, -0.1) is 0 Å². The van der Waals surface area contributed by atoms with Crippen molar-refractivity contribution in [2.45, 2.75) is 37.5 Å². The van der Waals surface area contributed by atoms with Crippen molar-refractivity contribution in [3.05, 3.63) is 102 Å². The molecule has 2 aliphatic heterocycles. The summed E-state index contributed by atoms with van der Waals surface area (Å²) in [7, 11) is 1.62. The highest BCUT2D eigenvalue weighted by Gasteiger charge is 2.71. The number of methoxy groups -OCH3 is 1. The van der Waals surface area contributed by atoms with Gasteiger partial charge >= 0.3 is 5.97 Å². The molecule has 3 aromatic carbocycles. The maximum atomic E-state index is 13.7. The second-order valence-corrected chi connectivity index (χ2v) is 8.82. The molecule has 2 fully saturated rings. The lowest BCUT2D eigenvalue weighted by molar-refractivity contribution is -0.212. The Morgan fingerprint density at radius 3 is 2.09 bits per heavy atom. The van der Waals surface area contributed by atoms with Crippen LogP contribution in [0.5, 0.6) is 5.75 Å². The van der Waals surface area contributed by atoms with Gasteiger partial charge in [0.1, 0.15) is 5.75 Å². The Balaban J connectivity index is 1.45. The summed E-state index contributed by atoms with van der Waals surface area (Å²) in [5.74, 6) is 0.0392. The van der Waals surface area contributed by atoms with Crippen molar-refractivity contribution in [2.24, 2.45) is 5.92 Å². The van der Waals surface area contributed by atoms with Crippen molar-refractivity contribution in [2.75, 3.05) is 7.11 Å². The molecule has 2 heterocycles. The zero-order valence-electron chi connectivity index (χ0n) is 18.6. The second-order valence-electron chi connectivity index (χ2n) is 8.82. The van der Waals surface area contributed by atoms with Crippen LogP contribution in [0, 0.1) is 5.92 Å². The Morgan fingerprint density at radius 1 is 0.848 bits per heavy atom. The summed E-state index contributed by atoms with van der Waals surface area (Å²) < 4.78 is 11.2. The van der Waals surface area contributed by atoms with Gasteiger partial charge in [0.15, 0.2) is 11.6 Å². The first-order chi connectivity index (χ1) is 16.1. The van der Waals surface area contributed by atoms with Gasteiger partial charge in [-0.05, 0) is 48.1 Å². The number of benzene rings is 3. The lowest BCUT2D eigenvalue weighted by Crippen LogP contribution is -2.65. The third-order valence-electron chi connectivity index (χ3n) is 6.90.